The van der Waals surface area contributed by atoms with Gasteiger partial charge in [0.1, 0.15) is 5.84 Å². The van der Waals surface area contributed by atoms with Gasteiger partial charge >= 0.3 is 0 Å². The van der Waals surface area contributed by atoms with Gasteiger partial charge in [-0.3, -0.25) is 10.4 Å². The molecular weight excluding hydrogens is 116 g/mol. The number of hydrazine groups is 1. The first-order chi connectivity index (χ1) is 4.22. The molecule has 3 N–H and O–H groups in total. The Hall–Kier alpha value is -0.610. The van der Waals surface area contributed by atoms with Gasteiger partial charge < -0.3 is 5.32 Å². The smallest absolute Gasteiger partial charge is 0.124 e. The highest BCUT2D eigenvalue weighted by Crippen LogP contribution is 1.73. The van der Waals surface area contributed by atoms with E-state index in [9.17, 15) is 0 Å². The highest BCUT2D eigenvalue weighted by molar-refractivity contribution is 5.80. The summed E-state index contributed by atoms with van der Waals surface area (Å²) in [6.07, 6.45) is 0. The molecule has 0 spiro atoms. The van der Waals surface area contributed by atoms with E-state index in [0.29, 0.717) is 12.4 Å². The van der Waals surface area contributed by atoms with E-state index in [-0.39, 0.29) is 0 Å². The quantitative estimate of drug-likeness (QED) is 0.268. The number of likely N-dealkylation sites (N-methyl/N-ethyl adjacent to an activating group) is 2. The number of rotatable bonds is 3. The second-order valence-electron chi connectivity index (χ2n) is 1.76. The third kappa shape index (κ3) is 3.05. The lowest BCUT2D eigenvalue weighted by atomic mass is 10.5. The third-order valence-electron chi connectivity index (χ3n) is 1.08. The Balaban J connectivity index is 3.46. The van der Waals surface area contributed by atoms with Gasteiger partial charge in [-0.25, -0.2) is 5.43 Å². The van der Waals surface area contributed by atoms with E-state index in [1.165, 1.54) is 0 Å². The van der Waals surface area contributed by atoms with Crippen molar-refractivity contribution in [3.63, 3.8) is 0 Å². The Bertz CT molecular complexity index is 91.0. The first kappa shape index (κ1) is 8.39. The second kappa shape index (κ2) is 4.29. The topological polar surface area (TPSA) is 51.2 Å². The van der Waals surface area contributed by atoms with Crippen LogP contribution in [0.2, 0.25) is 0 Å². The minimum absolute atomic E-state index is 0.528. The zero-order valence-corrected chi connectivity index (χ0v) is 6.15. The van der Waals surface area contributed by atoms with Gasteiger partial charge in [-0.1, -0.05) is 0 Å². The van der Waals surface area contributed by atoms with E-state index in [2.05, 4.69) is 10.7 Å². The number of hydrogen-bond donors (Lipinski definition) is 3. The van der Waals surface area contributed by atoms with Gasteiger partial charge in [-0.05, 0) is 7.05 Å². The van der Waals surface area contributed by atoms with Crippen molar-refractivity contribution in [3.05, 3.63) is 0 Å². The van der Waals surface area contributed by atoms with E-state index >= 15 is 0 Å². The molecule has 0 radical (unpaired) electrons. The predicted molar refractivity (Wildman–Crippen MR) is 38.5 cm³/mol. The standard InChI is InChI=1S/C5H14N4/c1-7-4-5(6)9(3)8-2/h6-8H,4H2,1-3H3. The third-order valence-corrected chi connectivity index (χ3v) is 1.08. The normalized spacial score (nSPS) is 9.22. The van der Waals surface area contributed by atoms with Crippen molar-refractivity contribution in [1.29, 1.82) is 5.41 Å². The van der Waals surface area contributed by atoms with Gasteiger partial charge in [0.25, 0.3) is 0 Å². The van der Waals surface area contributed by atoms with Crippen molar-refractivity contribution in [2.24, 2.45) is 0 Å². The van der Waals surface area contributed by atoms with Gasteiger partial charge in [0, 0.05) is 14.1 Å². The second-order valence-corrected chi connectivity index (χ2v) is 1.76. The van der Waals surface area contributed by atoms with Crippen LogP contribution in [0.3, 0.4) is 0 Å². The lowest BCUT2D eigenvalue weighted by Crippen LogP contribution is -2.40. The predicted octanol–water partition coefficient (Wildman–Crippen LogP) is -0.751. The SMILES string of the molecule is CNCC(=N)N(C)NC. The summed E-state index contributed by atoms with van der Waals surface area (Å²) in [5.74, 6) is 0.528. The molecule has 54 valence electrons. The van der Waals surface area contributed by atoms with Crippen LogP contribution in [0.1, 0.15) is 0 Å². The zero-order valence-electron chi connectivity index (χ0n) is 6.15. The summed E-state index contributed by atoms with van der Waals surface area (Å²) in [6.45, 7) is 0.595. The van der Waals surface area contributed by atoms with Gasteiger partial charge in [-0.15, -0.1) is 0 Å². The summed E-state index contributed by atoms with van der Waals surface area (Å²) in [6, 6.07) is 0. The largest absolute Gasteiger partial charge is 0.313 e. The summed E-state index contributed by atoms with van der Waals surface area (Å²) in [4.78, 5) is 0. The molecular formula is C5H14N4. The van der Waals surface area contributed by atoms with Crippen LogP contribution in [0.25, 0.3) is 0 Å². The molecule has 0 saturated carbocycles. The first-order valence-electron chi connectivity index (χ1n) is 2.85. The Labute approximate surface area is 55.7 Å². The molecule has 0 aromatic carbocycles. The number of hydrogen-bond acceptors (Lipinski definition) is 3. The lowest BCUT2D eigenvalue weighted by molar-refractivity contribution is 0.399. The van der Waals surface area contributed by atoms with Gasteiger partial charge in [0.05, 0.1) is 6.54 Å². The molecule has 0 saturated heterocycles. The van der Waals surface area contributed by atoms with E-state index in [1.54, 1.807) is 19.1 Å². The van der Waals surface area contributed by atoms with Crippen LogP contribution in [0.4, 0.5) is 0 Å². The van der Waals surface area contributed by atoms with Crippen LogP contribution in [-0.2, 0) is 0 Å². The molecule has 0 aliphatic rings. The summed E-state index contributed by atoms with van der Waals surface area (Å²) < 4.78 is 0. The molecule has 0 aliphatic carbocycles. The summed E-state index contributed by atoms with van der Waals surface area (Å²) in [5.41, 5.74) is 2.82. The van der Waals surface area contributed by atoms with Crippen LogP contribution in [0.15, 0.2) is 0 Å². The molecule has 4 nitrogen and oxygen atoms in total. The molecule has 0 aromatic heterocycles. The summed E-state index contributed by atoms with van der Waals surface area (Å²) >= 11 is 0. The number of nitrogens with zero attached hydrogens (tertiary/aromatic N) is 1. The maximum Gasteiger partial charge on any atom is 0.124 e. The lowest BCUT2D eigenvalue weighted by Gasteiger charge is -2.17. The molecule has 0 amide bonds. The maximum absolute atomic E-state index is 7.30. The highest BCUT2D eigenvalue weighted by Gasteiger charge is 1.97. The Morgan fingerprint density at radius 2 is 2.11 bits per heavy atom. The van der Waals surface area contributed by atoms with Crippen LogP contribution in [-0.4, -0.2) is 38.5 Å². The van der Waals surface area contributed by atoms with Crippen LogP contribution < -0.4 is 10.7 Å². The first-order valence-corrected chi connectivity index (χ1v) is 2.85. The van der Waals surface area contributed by atoms with Crippen molar-refractivity contribution >= 4 is 5.84 Å². The Morgan fingerprint density at radius 1 is 1.56 bits per heavy atom. The van der Waals surface area contributed by atoms with Crippen LogP contribution in [0.5, 0.6) is 0 Å². The zero-order chi connectivity index (χ0) is 7.28. The van der Waals surface area contributed by atoms with Gasteiger partial charge in [-0.2, -0.15) is 0 Å². The fourth-order valence-electron chi connectivity index (χ4n) is 0.421. The number of nitrogens with one attached hydrogen (secondary N) is 3. The van der Waals surface area contributed by atoms with Gasteiger partial charge in [0.15, 0.2) is 0 Å². The molecule has 0 unspecified atom stereocenters. The van der Waals surface area contributed by atoms with Crippen molar-refractivity contribution in [1.82, 2.24) is 15.8 Å². The van der Waals surface area contributed by atoms with Gasteiger partial charge in [0.2, 0.25) is 0 Å². The monoisotopic (exact) mass is 130 g/mol. The molecule has 0 atom stereocenters. The summed E-state index contributed by atoms with van der Waals surface area (Å²) in [7, 11) is 5.40. The van der Waals surface area contributed by atoms with Crippen molar-refractivity contribution in [2.75, 3.05) is 27.7 Å². The fourth-order valence-corrected chi connectivity index (χ4v) is 0.421. The number of amidine groups is 1. The molecule has 9 heavy (non-hydrogen) atoms. The maximum atomic E-state index is 7.30. The Kier molecular flexibility index (Phi) is 4.00. The Morgan fingerprint density at radius 3 is 2.44 bits per heavy atom. The molecule has 0 aromatic rings. The van der Waals surface area contributed by atoms with E-state index < -0.39 is 0 Å². The minimum Gasteiger partial charge on any atom is -0.313 e. The molecule has 0 heterocycles. The molecule has 4 heteroatoms. The molecule has 0 rings (SSSR count). The van der Waals surface area contributed by atoms with Crippen molar-refractivity contribution in [2.45, 2.75) is 0 Å². The molecule has 0 bridgehead atoms. The van der Waals surface area contributed by atoms with E-state index in [0.717, 1.165) is 0 Å². The van der Waals surface area contributed by atoms with Crippen LogP contribution >= 0.6 is 0 Å². The summed E-state index contributed by atoms with van der Waals surface area (Å²) in [5, 5.41) is 11.8. The van der Waals surface area contributed by atoms with E-state index in [1.807, 2.05) is 7.05 Å². The average molecular weight is 130 g/mol. The minimum atomic E-state index is 0.528. The molecule has 0 aliphatic heterocycles. The van der Waals surface area contributed by atoms with Crippen molar-refractivity contribution in [3.8, 4) is 0 Å². The van der Waals surface area contributed by atoms with E-state index in [4.69, 9.17) is 5.41 Å². The molecule has 0 fully saturated rings. The van der Waals surface area contributed by atoms with Crippen LogP contribution in [0, 0.1) is 5.41 Å². The fraction of sp³-hybridized carbons (Fsp3) is 0.800. The highest BCUT2D eigenvalue weighted by atomic mass is 15.5. The average Bonchev–Trinajstić information content (AvgIpc) is 1.87. The van der Waals surface area contributed by atoms with Crippen molar-refractivity contribution < 1.29 is 0 Å².